The predicted molar refractivity (Wildman–Crippen MR) is 103 cm³/mol. The summed E-state index contributed by atoms with van der Waals surface area (Å²) in [7, 11) is 1.59. The van der Waals surface area contributed by atoms with Crippen molar-refractivity contribution in [2.45, 2.75) is 12.8 Å². The highest BCUT2D eigenvalue weighted by Crippen LogP contribution is 2.22. The van der Waals surface area contributed by atoms with Gasteiger partial charge in [-0.15, -0.1) is 5.10 Å². The van der Waals surface area contributed by atoms with Crippen LogP contribution in [-0.4, -0.2) is 45.4 Å². The molecule has 8 heteroatoms. The Balaban J connectivity index is 1.89. The number of carboxylic acid groups (broad SMARTS) is 1. The number of aromatic nitrogens is 3. The standard InChI is InChI=1S/C20H20N4O4/c1-28-16-11-9-15(10-12-16)24-19(14-6-3-2-4-7-14)22-18(23-24)20(27)21-13-5-8-17(25)26/h2-4,6-7,9-12H,5,8,13H2,1H3,(H,21,27)(H,25,26). The highest BCUT2D eigenvalue weighted by molar-refractivity contribution is 5.91. The van der Waals surface area contributed by atoms with Gasteiger partial charge >= 0.3 is 5.97 Å². The van der Waals surface area contributed by atoms with E-state index < -0.39 is 11.9 Å². The molecule has 0 saturated heterocycles. The zero-order valence-electron chi connectivity index (χ0n) is 15.3. The number of ether oxygens (including phenoxy) is 1. The Kier molecular flexibility index (Phi) is 6.01. The van der Waals surface area contributed by atoms with Crippen LogP contribution in [0.3, 0.4) is 0 Å². The largest absolute Gasteiger partial charge is 0.497 e. The average Bonchev–Trinajstić information content (AvgIpc) is 3.17. The van der Waals surface area contributed by atoms with Crippen molar-refractivity contribution in [1.82, 2.24) is 20.1 Å². The third kappa shape index (κ3) is 4.53. The van der Waals surface area contributed by atoms with Crippen LogP contribution < -0.4 is 10.1 Å². The van der Waals surface area contributed by atoms with E-state index in [4.69, 9.17) is 9.84 Å². The quantitative estimate of drug-likeness (QED) is 0.582. The molecule has 0 aliphatic carbocycles. The van der Waals surface area contributed by atoms with Crippen LogP contribution in [-0.2, 0) is 4.79 Å². The average molecular weight is 380 g/mol. The molecule has 0 atom stereocenters. The van der Waals surface area contributed by atoms with Crippen LogP contribution in [0.1, 0.15) is 23.5 Å². The van der Waals surface area contributed by atoms with Gasteiger partial charge in [-0.1, -0.05) is 30.3 Å². The number of hydrogen-bond donors (Lipinski definition) is 2. The van der Waals surface area contributed by atoms with Crippen molar-refractivity contribution in [2.75, 3.05) is 13.7 Å². The monoisotopic (exact) mass is 380 g/mol. The number of carboxylic acids is 1. The van der Waals surface area contributed by atoms with E-state index in [1.807, 2.05) is 42.5 Å². The Labute approximate surface area is 161 Å². The van der Waals surface area contributed by atoms with Gasteiger partial charge in [-0.25, -0.2) is 9.67 Å². The molecule has 3 rings (SSSR count). The van der Waals surface area contributed by atoms with Crippen LogP contribution in [0, 0.1) is 0 Å². The molecular formula is C20H20N4O4. The minimum atomic E-state index is -0.900. The van der Waals surface area contributed by atoms with E-state index in [0.29, 0.717) is 18.0 Å². The third-order valence-electron chi connectivity index (χ3n) is 4.01. The molecule has 0 aliphatic heterocycles. The normalized spacial score (nSPS) is 10.5. The molecule has 1 aromatic heterocycles. The van der Waals surface area contributed by atoms with Gasteiger partial charge < -0.3 is 15.2 Å². The molecule has 0 aliphatic rings. The summed E-state index contributed by atoms with van der Waals surface area (Å²) < 4.78 is 6.78. The SMILES string of the molecule is COc1ccc(-n2nc(C(=O)NCCCC(=O)O)nc2-c2ccccc2)cc1. The number of amides is 1. The molecule has 0 saturated carbocycles. The molecule has 144 valence electrons. The van der Waals surface area contributed by atoms with Crippen molar-refractivity contribution in [1.29, 1.82) is 0 Å². The lowest BCUT2D eigenvalue weighted by Gasteiger charge is -2.07. The smallest absolute Gasteiger partial charge is 0.303 e. The van der Waals surface area contributed by atoms with Crippen molar-refractivity contribution in [3.8, 4) is 22.8 Å². The van der Waals surface area contributed by atoms with Crippen molar-refractivity contribution in [2.24, 2.45) is 0 Å². The molecule has 1 amide bonds. The zero-order chi connectivity index (χ0) is 19.9. The molecule has 2 N–H and O–H groups in total. The van der Waals surface area contributed by atoms with Gasteiger partial charge in [0.05, 0.1) is 12.8 Å². The first-order chi connectivity index (χ1) is 13.6. The third-order valence-corrected chi connectivity index (χ3v) is 4.01. The number of carbonyl (C=O) groups excluding carboxylic acids is 1. The van der Waals surface area contributed by atoms with Crippen LogP contribution in [0.15, 0.2) is 54.6 Å². The first kappa shape index (κ1) is 19.1. The number of benzene rings is 2. The summed E-state index contributed by atoms with van der Waals surface area (Å²) >= 11 is 0. The van der Waals surface area contributed by atoms with E-state index in [1.165, 1.54) is 0 Å². The first-order valence-electron chi connectivity index (χ1n) is 8.75. The fourth-order valence-corrected chi connectivity index (χ4v) is 2.61. The summed E-state index contributed by atoms with van der Waals surface area (Å²) in [6, 6.07) is 16.7. The van der Waals surface area contributed by atoms with E-state index >= 15 is 0 Å². The summed E-state index contributed by atoms with van der Waals surface area (Å²) in [4.78, 5) is 27.4. The van der Waals surface area contributed by atoms with Gasteiger partial charge in [0.2, 0.25) is 5.82 Å². The van der Waals surface area contributed by atoms with Crippen molar-refractivity contribution in [3.05, 3.63) is 60.4 Å². The molecule has 1 heterocycles. The van der Waals surface area contributed by atoms with Crippen LogP contribution in [0.2, 0.25) is 0 Å². The lowest BCUT2D eigenvalue weighted by Crippen LogP contribution is -2.26. The van der Waals surface area contributed by atoms with Gasteiger partial charge in [-0.05, 0) is 30.7 Å². The Morgan fingerprint density at radius 1 is 1.11 bits per heavy atom. The molecule has 28 heavy (non-hydrogen) atoms. The van der Waals surface area contributed by atoms with Crippen molar-refractivity contribution < 1.29 is 19.4 Å². The Morgan fingerprint density at radius 3 is 2.46 bits per heavy atom. The molecule has 3 aromatic rings. The summed E-state index contributed by atoms with van der Waals surface area (Å²) in [6.07, 6.45) is 0.328. The van der Waals surface area contributed by atoms with Gasteiger partial charge in [-0.2, -0.15) is 0 Å². The summed E-state index contributed by atoms with van der Waals surface area (Å²) in [5.41, 5.74) is 1.55. The highest BCUT2D eigenvalue weighted by Gasteiger charge is 2.18. The number of rotatable bonds is 8. The van der Waals surface area contributed by atoms with Crippen molar-refractivity contribution in [3.63, 3.8) is 0 Å². The van der Waals surface area contributed by atoms with Crippen LogP contribution in [0.25, 0.3) is 17.1 Å². The number of methoxy groups -OCH3 is 1. The Hall–Kier alpha value is -3.68. The van der Waals surface area contributed by atoms with E-state index in [0.717, 1.165) is 11.3 Å². The van der Waals surface area contributed by atoms with Crippen LogP contribution in [0.5, 0.6) is 5.75 Å². The molecule has 0 bridgehead atoms. The maximum Gasteiger partial charge on any atom is 0.303 e. The summed E-state index contributed by atoms with van der Waals surface area (Å²) in [6.45, 7) is 0.239. The number of aliphatic carboxylic acids is 1. The van der Waals surface area contributed by atoms with E-state index in [1.54, 1.807) is 23.9 Å². The predicted octanol–water partition coefficient (Wildman–Crippen LogP) is 2.54. The molecule has 0 unspecified atom stereocenters. The maximum absolute atomic E-state index is 12.4. The molecule has 0 fully saturated rings. The van der Waals surface area contributed by atoms with Gasteiger partial charge in [-0.3, -0.25) is 9.59 Å². The van der Waals surface area contributed by atoms with E-state index in [-0.39, 0.29) is 18.8 Å². The van der Waals surface area contributed by atoms with Gasteiger partial charge in [0, 0.05) is 18.5 Å². The highest BCUT2D eigenvalue weighted by atomic mass is 16.5. The zero-order valence-corrected chi connectivity index (χ0v) is 15.3. The van der Waals surface area contributed by atoms with Gasteiger partial charge in [0.25, 0.3) is 5.91 Å². The van der Waals surface area contributed by atoms with Crippen LogP contribution in [0.4, 0.5) is 0 Å². The molecule has 2 aromatic carbocycles. The topological polar surface area (TPSA) is 106 Å². The minimum Gasteiger partial charge on any atom is -0.497 e. The van der Waals surface area contributed by atoms with Crippen LogP contribution >= 0.6 is 0 Å². The lowest BCUT2D eigenvalue weighted by atomic mass is 10.2. The first-order valence-corrected chi connectivity index (χ1v) is 8.75. The van der Waals surface area contributed by atoms with Gasteiger partial charge in [0.1, 0.15) is 5.75 Å². The molecule has 0 radical (unpaired) electrons. The summed E-state index contributed by atoms with van der Waals surface area (Å²) in [5.74, 6) is -0.0923. The molecule has 0 spiro atoms. The maximum atomic E-state index is 12.4. The number of nitrogens with one attached hydrogen (secondary N) is 1. The number of carbonyl (C=O) groups is 2. The second-order valence-electron chi connectivity index (χ2n) is 5.99. The van der Waals surface area contributed by atoms with Gasteiger partial charge in [0.15, 0.2) is 5.82 Å². The lowest BCUT2D eigenvalue weighted by molar-refractivity contribution is -0.137. The summed E-state index contributed by atoms with van der Waals surface area (Å²) in [5, 5.41) is 15.7. The second-order valence-corrected chi connectivity index (χ2v) is 5.99. The fraction of sp³-hybridized carbons (Fsp3) is 0.200. The second kappa shape index (κ2) is 8.81. The Bertz CT molecular complexity index is 952. The Morgan fingerprint density at radius 2 is 1.82 bits per heavy atom. The van der Waals surface area contributed by atoms with Crippen molar-refractivity contribution >= 4 is 11.9 Å². The molecule has 8 nitrogen and oxygen atoms in total. The van der Waals surface area contributed by atoms with E-state index in [9.17, 15) is 9.59 Å². The number of nitrogens with zero attached hydrogens (tertiary/aromatic N) is 3. The molecular weight excluding hydrogens is 360 g/mol. The minimum absolute atomic E-state index is 0.0107. The number of hydrogen-bond acceptors (Lipinski definition) is 5. The van der Waals surface area contributed by atoms with E-state index in [2.05, 4.69) is 15.4 Å². The fourth-order valence-electron chi connectivity index (χ4n) is 2.61.